The first-order valence-electron chi connectivity index (χ1n) is 10.2. The Labute approximate surface area is 189 Å². The molecule has 0 fully saturated rings. The maximum absolute atomic E-state index is 12.6. The van der Waals surface area contributed by atoms with Crippen LogP contribution in [0.2, 0.25) is 0 Å². The van der Waals surface area contributed by atoms with E-state index < -0.39 is 10.0 Å². The summed E-state index contributed by atoms with van der Waals surface area (Å²) in [5.41, 5.74) is 5.67. The molecule has 3 aromatic carbocycles. The Kier molecular flexibility index (Phi) is 7.33. The van der Waals surface area contributed by atoms with Crippen molar-refractivity contribution in [3.8, 4) is 0 Å². The zero-order valence-electron chi connectivity index (χ0n) is 18.8. The molecular weight excluding hydrogens is 424 g/mol. The van der Waals surface area contributed by atoms with E-state index in [9.17, 15) is 13.2 Å². The number of hydrogen-bond acceptors (Lipinski definition) is 4. The summed E-state index contributed by atoms with van der Waals surface area (Å²) in [6.07, 6.45) is 1.20. The molecule has 3 aromatic rings. The number of ether oxygens (including phenoxy) is 1. The zero-order chi connectivity index (χ0) is 23.3. The van der Waals surface area contributed by atoms with Crippen molar-refractivity contribution in [3.05, 3.63) is 94.5 Å². The summed E-state index contributed by atoms with van der Waals surface area (Å²) in [6, 6.07) is 20.0. The van der Waals surface area contributed by atoms with Crippen LogP contribution in [0.4, 0.5) is 11.4 Å². The second kappa shape index (κ2) is 9.97. The molecule has 0 spiro atoms. The molecule has 0 bridgehead atoms. The fourth-order valence-corrected chi connectivity index (χ4v) is 4.20. The number of anilines is 2. The van der Waals surface area contributed by atoms with Crippen molar-refractivity contribution in [3.63, 3.8) is 0 Å². The molecule has 0 aliphatic heterocycles. The van der Waals surface area contributed by atoms with E-state index in [4.69, 9.17) is 4.74 Å². The maximum atomic E-state index is 12.6. The number of nitrogens with zero attached hydrogens (tertiary/aromatic N) is 1. The first-order chi connectivity index (χ1) is 15.2. The number of carbonyl (C=O) groups is 1. The van der Waals surface area contributed by atoms with Crippen LogP contribution in [0.1, 0.15) is 32.6 Å². The highest BCUT2D eigenvalue weighted by atomic mass is 32.2. The van der Waals surface area contributed by atoms with E-state index in [0.717, 1.165) is 22.3 Å². The van der Waals surface area contributed by atoms with E-state index in [-0.39, 0.29) is 12.5 Å². The van der Waals surface area contributed by atoms with Gasteiger partial charge in [0.1, 0.15) is 0 Å². The minimum Gasteiger partial charge on any atom is -0.380 e. The van der Waals surface area contributed by atoms with Crippen LogP contribution < -0.4 is 9.62 Å². The lowest BCUT2D eigenvalue weighted by molar-refractivity contribution is 0.102. The summed E-state index contributed by atoms with van der Waals surface area (Å²) >= 11 is 0. The van der Waals surface area contributed by atoms with Gasteiger partial charge in [-0.1, -0.05) is 30.3 Å². The molecule has 0 aromatic heterocycles. The topological polar surface area (TPSA) is 75.7 Å². The number of hydrogen-bond donors (Lipinski definition) is 1. The number of nitrogens with one attached hydrogen (secondary N) is 1. The molecular formula is C25H28N2O4S. The van der Waals surface area contributed by atoms with Gasteiger partial charge in [-0.3, -0.25) is 9.10 Å². The summed E-state index contributed by atoms with van der Waals surface area (Å²) in [5.74, 6) is -0.236. The number of aryl methyl sites for hydroxylation is 2. The van der Waals surface area contributed by atoms with E-state index in [2.05, 4.69) is 5.32 Å². The highest BCUT2D eigenvalue weighted by Crippen LogP contribution is 2.24. The Morgan fingerprint density at radius 1 is 0.938 bits per heavy atom. The van der Waals surface area contributed by atoms with Gasteiger partial charge in [-0.2, -0.15) is 0 Å². The molecule has 3 rings (SSSR count). The highest BCUT2D eigenvalue weighted by Gasteiger charge is 2.18. The molecule has 0 aliphatic rings. The molecule has 0 unspecified atom stereocenters. The van der Waals surface area contributed by atoms with Crippen LogP contribution in [0.3, 0.4) is 0 Å². The van der Waals surface area contributed by atoms with Crippen molar-refractivity contribution in [2.75, 3.05) is 23.0 Å². The van der Waals surface area contributed by atoms with Gasteiger partial charge in [0.25, 0.3) is 5.91 Å². The summed E-state index contributed by atoms with van der Waals surface area (Å²) in [5, 5.41) is 2.88. The molecule has 0 radical (unpaired) electrons. The number of methoxy groups -OCH3 is 1. The lowest BCUT2D eigenvalue weighted by atomic mass is 10.1. The minimum absolute atomic E-state index is 0.183. The van der Waals surface area contributed by atoms with Crippen molar-refractivity contribution in [2.45, 2.75) is 27.0 Å². The van der Waals surface area contributed by atoms with Crippen LogP contribution in [-0.2, 0) is 27.9 Å². The summed E-state index contributed by atoms with van der Waals surface area (Å²) in [4.78, 5) is 12.6. The summed E-state index contributed by atoms with van der Waals surface area (Å²) in [6.45, 7) is 4.59. The predicted octanol–water partition coefficient (Wildman–Crippen LogP) is 4.67. The first-order valence-corrected chi connectivity index (χ1v) is 12.1. The monoisotopic (exact) mass is 452 g/mol. The van der Waals surface area contributed by atoms with Crippen molar-refractivity contribution in [1.29, 1.82) is 0 Å². The van der Waals surface area contributed by atoms with Crippen LogP contribution in [0.5, 0.6) is 0 Å². The van der Waals surface area contributed by atoms with Gasteiger partial charge in [0, 0.05) is 18.4 Å². The van der Waals surface area contributed by atoms with Crippen molar-refractivity contribution >= 4 is 27.3 Å². The fraction of sp³-hybridized carbons (Fsp3) is 0.240. The molecule has 0 atom stereocenters. The fourth-order valence-electron chi connectivity index (χ4n) is 3.32. The Balaban J connectivity index is 1.75. The number of carbonyl (C=O) groups excluding carboxylic acids is 1. The second-order valence-corrected chi connectivity index (χ2v) is 9.73. The first kappa shape index (κ1) is 23.5. The SMILES string of the molecule is COCc1cccc(NC(=O)c2ccc(CN(c3ccc(C)c(C)c3)S(C)(=O)=O)cc2)c1. The van der Waals surface area contributed by atoms with Crippen molar-refractivity contribution < 1.29 is 17.9 Å². The summed E-state index contributed by atoms with van der Waals surface area (Å²) < 4.78 is 31.4. The van der Waals surface area contributed by atoms with Crippen LogP contribution in [0.25, 0.3) is 0 Å². The van der Waals surface area contributed by atoms with Gasteiger partial charge in [-0.25, -0.2) is 8.42 Å². The van der Waals surface area contributed by atoms with Gasteiger partial charge in [0.2, 0.25) is 10.0 Å². The highest BCUT2D eigenvalue weighted by molar-refractivity contribution is 7.92. The maximum Gasteiger partial charge on any atom is 0.255 e. The van der Waals surface area contributed by atoms with Crippen LogP contribution in [0.15, 0.2) is 66.7 Å². The standard InChI is InChI=1S/C25H28N2O4S/c1-18-8-13-24(14-19(18)2)27(32(4,29)30)16-20-9-11-22(12-10-20)25(28)26-23-7-5-6-21(15-23)17-31-3/h5-15H,16-17H2,1-4H3,(H,26,28). The molecule has 0 aliphatic carbocycles. The van der Waals surface area contributed by atoms with E-state index >= 15 is 0 Å². The number of rotatable bonds is 8. The average Bonchev–Trinajstić information content (AvgIpc) is 2.74. The number of sulfonamides is 1. The molecule has 6 nitrogen and oxygen atoms in total. The van der Waals surface area contributed by atoms with Crippen molar-refractivity contribution in [2.24, 2.45) is 0 Å². The average molecular weight is 453 g/mol. The Bertz CT molecular complexity index is 1200. The molecule has 32 heavy (non-hydrogen) atoms. The van der Waals surface area contributed by atoms with Gasteiger partial charge in [0.05, 0.1) is 25.1 Å². The third-order valence-corrected chi connectivity index (χ3v) is 6.36. The Morgan fingerprint density at radius 3 is 2.28 bits per heavy atom. The molecule has 1 amide bonds. The minimum atomic E-state index is -3.48. The van der Waals surface area contributed by atoms with Gasteiger partial charge in [0.15, 0.2) is 0 Å². The van der Waals surface area contributed by atoms with Crippen LogP contribution in [-0.4, -0.2) is 27.7 Å². The molecule has 0 saturated carbocycles. The number of benzene rings is 3. The predicted molar refractivity (Wildman–Crippen MR) is 128 cm³/mol. The van der Waals surface area contributed by atoms with Gasteiger partial charge in [-0.15, -0.1) is 0 Å². The van der Waals surface area contributed by atoms with Gasteiger partial charge in [-0.05, 0) is 72.5 Å². The zero-order valence-corrected chi connectivity index (χ0v) is 19.6. The Hall–Kier alpha value is -3.16. The van der Waals surface area contributed by atoms with Crippen molar-refractivity contribution in [1.82, 2.24) is 0 Å². The molecule has 7 heteroatoms. The van der Waals surface area contributed by atoms with E-state index in [1.807, 2.05) is 56.3 Å². The third kappa shape index (κ3) is 5.96. The normalized spacial score (nSPS) is 11.2. The van der Waals surface area contributed by atoms with Gasteiger partial charge >= 0.3 is 0 Å². The summed E-state index contributed by atoms with van der Waals surface area (Å²) in [7, 11) is -1.86. The van der Waals surface area contributed by atoms with E-state index in [1.165, 1.54) is 10.6 Å². The lowest BCUT2D eigenvalue weighted by Crippen LogP contribution is -2.29. The van der Waals surface area contributed by atoms with E-state index in [0.29, 0.717) is 23.5 Å². The van der Waals surface area contributed by atoms with E-state index in [1.54, 1.807) is 31.4 Å². The largest absolute Gasteiger partial charge is 0.380 e. The number of amides is 1. The molecule has 0 saturated heterocycles. The van der Waals surface area contributed by atoms with Gasteiger partial charge < -0.3 is 10.1 Å². The van der Waals surface area contributed by atoms with Crippen LogP contribution in [0, 0.1) is 13.8 Å². The third-order valence-electron chi connectivity index (χ3n) is 5.22. The van der Waals surface area contributed by atoms with Crippen LogP contribution >= 0.6 is 0 Å². The molecule has 1 N–H and O–H groups in total. The molecule has 168 valence electrons. The Morgan fingerprint density at radius 2 is 1.66 bits per heavy atom. The quantitative estimate of drug-likeness (QED) is 0.539. The molecule has 0 heterocycles. The lowest BCUT2D eigenvalue weighted by Gasteiger charge is -2.23. The smallest absolute Gasteiger partial charge is 0.255 e. The second-order valence-electron chi connectivity index (χ2n) is 7.82.